The van der Waals surface area contributed by atoms with Gasteiger partial charge in [0.25, 0.3) is 0 Å². The number of ether oxygens (including phenoxy) is 1. The Morgan fingerprint density at radius 2 is 2.70 bits per heavy atom. The van der Waals surface area contributed by atoms with Gasteiger partial charge in [-0.05, 0) is 12.3 Å². The normalized spacial score (nSPS) is 30.4. The summed E-state index contributed by atoms with van der Waals surface area (Å²) in [7, 11) is 0. The van der Waals surface area contributed by atoms with E-state index >= 15 is 0 Å². The molecule has 0 fully saturated rings. The quantitative estimate of drug-likeness (QED) is 0.610. The minimum Gasteiger partial charge on any atom is -0.349 e. The molecule has 3 heteroatoms. The van der Waals surface area contributed by atoms with Crippen molar-refractivity contribution in [2.75, 3.05) is 6.61 Å². The first-order valence-corrected chi connectivity index (χ1v) is 3.98. The molecule has 1 atom stereocenters. The maximum Gasteiger partial charge on any atom is 0.135 e. The molecule has 2 nitrogen and oxygen atoms in total. The minimum absolute atomic E-state index is 0.171. The third-order valence-corrected chi connectivity index (χ3v) is 2.46. The molecule has 10 heavy (non-hydrogen) atoms. The fourth-order valence-electron chi connectivity index (χ4n) is 0.780. The van der Waals surface area contributed by atoms with E-state index in [0.29, 0.717) is 0 Å². The number of hydrogen-bond acceptors (Lipinski definition) is 3. The molecule has 0 amide bonds. The minimum atomic E-state index is -0.171. The summed E-state index contributed by atoms with van der Waals surface area (Å²) in [5.74, 6) is 0. The van der Waals surface area contributed by atoms with Gasteiger partial charge in [-0.3, -0.25) is 0 Å². The van der Waals surface area contributed by atoms with E-state index in [0.717, 1.165) is 6.42 Å². The molecule has 1 aliphatic rings. The summed E-state index contributed by atoms with van der Waals surface area (Å²) in [5.41, 5.74) is 0. The highest BCUT2D eigenvalue weighted by atomic mass is 32.2. The Kier molecular flexibility index (Phi) is 2.36. The second-order valence-corrected chi connectivity index (χ2v) is 3.65. The van der Waals surface area contributed by atoms with Gasteiger partial charge >= 0.3 is 0 Å². The lowest BCUT2D eigenvalue weighted by Crippen LogP contribution is -2.20. The lowest BCUT2D eigenvalue weighted by molar-refractivity contribution is 0.0670. The zero-order valence-electron chi connectivity index (χ0n) is 5.83. The maximum absolute atomic E-state index is 8.24. The average Bonchev–Trinajstić information content (AvgIpc) is 2.33. The molecule has 0 unspecified atom stereocenters. The van der Waals surface area contributed by atoms with Crippen LogP contribution < -0.4 is 0 Å². The summed E-state index contributed by atoms with van der Waals surface area (Å²) in [6.45, 7) is 2.18. The number of hydrogen-bond donors (Lipinski definition) is 0. The Bertz CT molecular complexity index is 175. The van der Waals surface area contributed by atoms with Crippen molar-refractivity contribution in [2.24, 2.45) is 0 Å². The van der Waals surface area contributed by atoms with Crippen molar-refractivity contribution in [3.8, 4) is 6.07 Å². The summed E-state index contributed by atoms with van der Waals surface area (Å²) < 4.78 is 5.28. The molecular weight excluding hydrogens is 146 g/mol. The van der Waals surface area contributed by atoms with Crippen molar-refractivity contribution < 1.29 is 4.74 Å². The Morgan fingerprint density at radius 1 is 1.90 bits per heavy atom. The van der Waals surface area contributed by atoms with Gasteiger partial charge in [-0.25, -0.2) is 0 Å². The fraction of sp³-hybridized carbons (Fsp3) is 0.571. The first-order chi connectivity index (χ1) is 4.77. The molecule has 1 rings (SSSR count). The van der Waals surface area contributed by atoms with Gasteiger partial charge in [-0.15, -0.1) is 0 Å². The molecule has 1 aliphatic heterocycles. The van der Waals surface area contributed by atoms with Gasteiger partial charge in [0.1, 0.15) is 11.5 Å². The predicted octanol–water partition coefficient (Wildman–Crippen LogP) is 1.89. The monoisotopic (exact) mass is 155 g/mol. The van der Waals surface area contributed by atoms with E-state index in [1.165, 1.54) is 0 Å². The Balaban J connectivity index is 2.33. The van der Waals surface area contributed by atoms with Crippen molar-refractivity contribution in [2.45, 2.75) is 18.3 Å². The van der Waals surface area contributed by atoms with E-state index in [-0.39, 0.29) is 11.5 Å². The number of thioether (sulfide) groups is 1. The Morgan fingerprint density at radius 3 is 3.20 bits per heavy atom. The van der Waals surface area contributed by atoms with Crippen LogP contribution in [0.4, 0.5) is 0 Å². The predicted molar refractivity (Wildman–Crippen MR) is 41.3 cm³/mol. The first kappa shape index (κ1) is 7.64. The van der Waals surface area contributed by atoms with Crippen molar-refractivity contribution in [1.82, 2.24) is 0 Å². The SMILES string of the molecule is C[C@@]1(OCC#N)CC=CS1. The van der Waals surface area contributed by atoms with Crippen molar-refractivity contribution >= 4 is 11.8 Å². The molecule has 0 saturated carbocycles. The number of nitrogens with zero attached hydrogens (tertiary/aromatic N) is 1. The van der Waals surface area contributed by atoms with Crippen LogP contribution in [-0.4, -0.2) is 11.5 Å². The summed E-state index contributed by atoms with van der Waals surface area (Å²) in [6.07, 6.45) is 2.96. The van der Waals surface area contributed by atoms with E-state index < -0.39 is 0 Å². The molecule has 0 N–H and O–H groups in total. The van der Waals surface area contributed by atoms with E-state index in [2.05, 4.69) is 6.08 Å². The highest BCUT2D eigenvalue weighted by molar-refractivity contribution is 8.03. The van der Waals surface area contributed by atoms with Gasteiger partial charge in [0.15, 0.2) is 0 Å². The van der Waals surface area contributed by atoms with Gasteiger partial charge in [0.2, 0.25) is 0 Å². The Hall–Kier alpha value is -0.460. The van der Waals surface area contributed by atoms with Gasteiger partial charge in [-0.1, -0.05) is 17.8 Å². The highest BCUT2D eigenvalue weighted by Crippen LogP contribution is 2.36. The zero-order valence-corrected chi connectivity index (χ0v) is 6.65. The molecule has 1 heterocycles. The molecule has 0 aromatic carbocycles. The highest BCUT2D eigenvalue weighted by Gasteiger charge is 2.26. The van der Waals surface area contributed by atoms with Crippen molar-refractivity contribution in [1.29, 1.82) is 5.26 Å². The van der Waals surface area contributed by atoms with Crippen LogP contribution in [-0.2, 0) is 4.74 Å². The number of nitriles is 1. The Labute approximate surface area is 64.9 Å². The van der Waals surface area contributed by atoms with E-state index in [9.17, 15) is 0 Å². The summed E-state index contributed by atoms with van der Waals surface area (Å²) in [6, 6.07) is 1.96. The first-order valence-electron chi connectivity index (χ1n) is 3.10. The van der Waals surface area contributed by atoms with Crippen molar-refractivity contribution in [3.05, 3.63) is 11.5 Å². The van der Waals surface area contributed by atoms with Crippen LogP contribution >= 0.6 is 11.8 Å². The lowest BCUT2D eigenvalue weighted by Gasteiger charge is -2.20. The topological polar surface area (TPSA) is 33.0 Å². The van der Waals surface area contributed by atoms with Crippen LogP contribution in [0.1, 0.15) is 13.3 Å². The number of rotatable bonds is 2. The van der Waals surface area contributed by atoms with Gasteiger partial charge < -0.3 is 4.74 Å². The average molecular weight is 155 g/mol. The van der Waals surface area contributed by atoms with Crippen molar-refractivity contribution in [3.63, 3.8) is 0 Å². The van der Waals surface area contributed by atoms with E-state index in [1.807, 2.05) is 18.4 Å². The third-order valence-electron chi connectivity index (χ3n) is 1.34. The van der Waals surface area contributed by atoms with E-state index in [4.69, 9.17) is 10.00 Å². The van der Waals surface area contributed by atoms with E-state index in [1.54, 1.807) is 11.8 Å². The molecule has 0 aromatic heterocycles. The molecule has 54 valence electrons. The molecule has 0 radical (unpaired) electrons. The van der Waals surface area contributed by atoms with Gasteiger partial charge in [0.05, 0.1) is 6.07 Å². The largest absolute Gasteiger partial charge is 0.349 e. The summed E-state index contributed by atoms with van der Waals surface area (Å²) in [4.78, 5) is -0.171. The van der Waals surface area contributed by atoms with Crippen LogP contribution in [0.25, 0.3) is 0 Å². The molecule has 0 aromatic rings. The van der Waals surface area contributed by atoms with Crippen LogP contribution in [0.2, 0.25) is 0 Å². The third kappa shape index (κ3) is 1.76. The standard InChI is InChI=1S/C7H9NOS/c1-7(9-5-4-8)3-2-6-10-7/h2,6H,3,5H2,1H3/t7-/m0/s1. The van der Waals surface area contributed by atoms with Crippen LogP contribution in [0.15, 0.2) is 11.5 Å². The zero-order chi connectivity index (χ0) is 7.45. The summed E-state index contributed by atoms with van der Waals surface area (Å²) >= 11 is 1.63. The van der Waals surface area contributed by atoms with Crippen LogP contribution in [0.5, 0.6) is 0 Å². The van der Waals surface area contributed by atoms with Crippen LogP contribution in [0, 0.1) is 11.3 Å². The summed E-state index contributed by atoms with van der Waals surface area (Å²) in [5, 5.41) is 10.2. The molecule has 0 aliphatic carbocycles. The lowest BCUT2D eigenvalue weighted by atomic mass is 10.3. The molecular formula is C7H9NOS. The molecule has 0 saturated heterocycles. The maximum atomic E-state index is 8.24. The molecule has 0 bridgehead atoms. The second kappa shape index (κ2) is 3.09. The van der Waals surface area contributed by atoms with Gasteiger partial charge in [-0.2, -0.15) is 5.26 Å². The van der Waals surface area contributed by atoms with Crippen LogP contribution in [0.3, 0.4) is 0 Å². The smallest absolute Gasteiger partial charge is 0.135 e. The second-order valence-electron chi connectivity index (χ2n) is 2.27. The fourth-order valence-corrected chi connectivity index (χ4v) is 1.58. The van der Waals surface area contributed by atoms with Gasteiger partial charge in [0, 0.05) is 6.42 Å². The molecule has 0 spiro atoms.